The van der Waals surface area contributed by atoms with Crippen LogP contribution < -0.4 is 5.32 Å². The van der Waals surface area contributed by atoms with Crippen molar-refractivity contribution in [2.24, 2.45) is 0 Å². The number of phenols is 1. The lowest BCUT2D eigenvalue weighted by Crippen LogP contribution is -1.98. The van der Waals surface area contributed by atoms with Crippen LogP contribution in [-0.2, 0) is 10.1 Å². The molecule has 0 unspecified atom stereocenters. The highest BCUT2D eigenvalue weighted by molar-refractivity contribution is 7.86. The third kappa shape index (κ3) is 2.74. The average Bonchev–Trinajstić information content (AvgIpc) is 2.47. The van der Waals surface area contributed by atoms with Crippen LogP contribution >= 0.6 is 0 Å². The van der Waals surface area contributed by atoms with Crippen LogP contribution in [0.15, 0.2) is 65.6 Å². The van der Waals surface area contributed by atoms with Crippen molar-refractivity contribution >= 4 is 32.3 Å². The fourth-order valence-corrected chi connectivity index (χ4v) is 2.86. The van der Waals surface area contributed by atoms with Crippen LogP contribution in [0.4, 0.5) is 11.4 Å². The van der Waals surface area contributed by atoms with Crippen molar-refractivity contribution in [3.05, 3.63) is 60.7 Å². The van der Waals surface area contributed by atoms with Crippen molar-refractivity contribution in [2.75, 3.05) is 5.32 Å². The van der Waals surface area contributed by atoms with E-state index in [2.05, 4.69) is 5.32 Å². The summed E-state index contributed by atoms with van der Waals surface area (Å²) in [6.45, 7) is 0. The number of nitrogens with one attached hydrogen (secondary N) is 1. The molecule has 6 heteroatoms. The summed E-state index contributed by atoms with van der Waals surface area (Å²) in [7, 11) is -4.45. The Balaban J connectivity index is 2.05. The van der Waals surface area contributed by atoms with Gasteiger partial charge in [-0.25, -0.2) is 0 Å². The van der Waals surface area contributed by atoms with E-state index in [1.54, 1.807) is 18.2 Å². The predicted molar refractivity (Wildman–Crippen MR) is 85.2 cm³/mol. The largest absolute Gasteiger partial charge is 0.506 e. The summed E-state index contributed by atoms with van der Waals surface area (Å²) in [5.74, 6) is -0.453. The standard InChI is InChI=1S/C16H13NO4S/c18-16-14-8-7-13(17-12-4-2-1-3-5-12)10-11(14)6-9-15(16)22(19,20)21/h1-10,17-18H,(H,19,20,21). The lowest BCUT2D eigenvalue weighted by molar-refractivity contribution is 0.448. The molecule has 0 saturated heterocycles. The van der Waals surface area contributed by atoms with Crippen LogP contribution in [0.5, 0.6) is 5.75 Å². The van der Waals surface area contributed by atoms with Gasteiger partial charge >= 0.3 is 0 Å². The van der Waals surface area contributed by atoms with Gasteiger partial charge in [0.1, 0.15) is 10.6 Å². The first-order valence-corrected chi connectivity index (χ1v) is 7.94. The maximum absolute atomic E-state index is 11.2. The van der Waals surface area contributed by atoms with Crippen LogP contribution in [0.3, 0.4) is 0 Å². The molecule has 0 spiro atoms. The Morgan fingerprint density at radius 2 is 1.59 bits per heavy atom. The third-order valence-corrected chi connectivity index (χ3v) is 4.18. The SMILES string of the molecule is O=S(=O)(O)c1ccc2cc(Nc3ccccc3)ccc2c1O. The minimum absolute atomic E-state index is 0.355. The van der Waals surface area contributed by atoms with E-state index >= 15 is 0 Å². The molecule has 3 N–H and O–H groups in total. The van der Waals surface area contributed by atoms with Gasteiger partial charge in [0, 0.05) is 16.8 Å². The molecule has 0 amide bonds. The molecular formula is C16H13NO4S. The predicted octanol–water partition coefficient (Wildman–Crippen LogP) is 3.54. The lowest BCUT2D eigenvalue weighted by atomic mass is 10.1. The van der Waals surface area contributed by atoms with Crippen LogP contribution in [0.2, 0.25) is 0 Å². The normalized spacial score (nSPS) is 11.5. The first-order valence-electron chi connectivity index (χ1n) is 6.50. The molecule has 0 fully saturated rings. The van der Waals surface area contributed by atoms with E-state index in [1.165, 1.54) is 12.1 Å². The monoisotopic (exact) mass is 315 g/mol. The van der Waals surface area contributed by atoms with Crippen LogP contribution in [0, 0.1) is 0 Å². The molecule has 112 valence electrons. The summed E-state index contributed by atoms with van der Waals surface area (Å²) >= 11 is 0. The van der Waals surface area contributed by atoms with Gasteiger partial charge in [0.15, 0.2) is 0 Å². The molecule has 0 aliphatic rings. The number of anilines is 2. The van der Waals surface area contributed by atoms with Crippen molar-refractivity contribution in [3.8, 4) is 5.75 Å². The van der Waals surface area contributed by atoms with Gasteiger partial charge in [-0.3, -0.25) is 4.55 Å². The molecule has 0 radical (unpaired) electrons. The fourth-order valence-electron chi connectivity index (χ4n) is 2.27. The number of aromatic hydroxyl groups is 1. The summed E-state index contributed by atoms with van der Waals surface area (Å²) in [6, 6.07) is 17.4. The molecule has 22 heavy (non-hydrogen) atoms. The van der Waals surface area contributed by atoms with E-state index in [9.17, 15) is 13.5 Å². The second-order valence-electron chi connectivity index (χ2n) is 4.81. The molecule has 0 heterocycles. The van der Waals surface area contributed by atoms with E-state index in [0.29, 0.717) is 10.8 Å². The van der Waals surface area contributed by atoms with E-state index in [1.807, 2.05) is 30.3 Å². The zero-order chi connectivity index (χ0) is 15.7. The molecule has 0 aliphatic heterocycles. The summed E-state index contributed by atoms with van der Waals surface area (Å²) in [4.78, 5) is -0.497. The lowest BCUT2D eigenvalue weighted by Gasteiger charge is -2.09. The van der Waals surface area contributed by atoms with Gasteiger partial charge < -0.3 is 10.4 Å². The molecule has 3 aromatic rings. The first kappa shape index (κ1) is 14.4. The molecule has 0 saturated carbocycles. The number of benzene rings is 3. The second-order valence-corrected chi connectivity index (χ2v) is 6.20. The molecule has 3 aromatic carbocycles. The highest BCUT2D eigenvalue weighted by atomic mass is 32.2. The average molecular weight is 315 g/mol. The number of hydrogen-bond acceptors (Lipinski definition) is 4. The van der Waals surface area contributed by atoms with E-state index < -0.39 is 20.8 Å². The summed E-state index contributed by atoms with van der Waals surface area (Å²) in [5, 5.41) is 14.2. The molecule has 0 aliphatic carbocycles. The molecule has 0 aromatic heterocycles. The summed E-state index contributed by atoms with van der Waals surface area (Å²) in [6.07, 6.45) is 0. The van der Waals surface area contributed by atoms with Gasteiger partial charge in [-0.05, 0) is 41.8 Å². The summed E-state index contributed by atoms with van der Waals surface area (Å²) in [5.41, 5.74) is 1.72. The van der Waals surface area contributed by atoms with Crippen molar-refractivity contribution in [1.82, 2.24) is 0 Å². The number of fused-ring (bicyclic) bond motifs is 1. The minimum Gasteiger partial charge on any atom is -0.506 e. The van der Waals surface area contributed by atoms with Gasteiger partial charge in [0.05, 0.1) is 0 Å². The number of phenolic OH excluding ortho intramolecular Hbond substituents is 1. The Kier molecular flexibility index (Phi) is 3.48. The second kappa shape index (κ2) is 5.32. The molecule has 0 bridgehead atoms. The van der Waals surface area contributed by atoms with Gasteiger partial charge in [-0.15, -0.1) is 0 Å². The van der Waals surface area contributed by atoms with Crippen LogP contribution in [0.1, 0.15) is 0 Å². The quantitative estimate of drug-likeness (QED) is 0.644. The molecule has 3 rings (SSSR count). The number of para-hydroxylation sites is 1. The van der Waals surface area contributed by atoms with E-state index in [-0.39, 0.29) is 0 Å². The maximum atomic E-state index is 11.2. The van der Waals surface area contributed by atoms with E-state index in [0.717, 1.165) is 11.4 Å². The topological polar surface area (TPSA) is 86.6 Å². The van der Waals surface area contributed by atoms with Gasteiger partial charge in [0.25, 0.3) is 10.1 Å². The van der Waals surface area contributed by atoms with Crippen molar-refractivity contribution < 1.29 is 18.1 Å². The number of rotatable bonds is 3. The zero-order valence-corrected chi connectivity index (χ0v) is 12.2. The Morgan fingerprint density at radius 3 is 2.27 bits per heavy atom. The Labute approximate surface area is 127 Å². The van der Waals surface area contributed by atoms with Gasteiger partial charge in [-0.1, -0.05) is 24.3 Å². The molecular weight excluding hydrogens is 302 g/mol. The maximum Gasteiger partial charge on any atom is 0.298 e. The number of hydrogen-bond donors (Lipinski definition) is 3. The van der Waals surface area contributed by atoms with Crippen molar-refractivity contribution in [1.29, 1.82) is 0 Å². The smallest absolute Gasteiger partial charge is 0.298 e. The van der Waals surface area contributed by atoms with Crippen LogP contribution in [-0.4, -0.2) is 18.1 Å². The fraction of sp³-hybridized carbons (Fsp3) is 0. The van der Waals surface area contributed by atoms with Gasteiger partial charge in [-0.2, -0.15) is 8.42 Å². The van der Waals surface area contributed by atoms with Gasteiger partial charge in [0.2, 0.25) is 0 Å². The van der Waals surface area contributed by atoms with Crippen LogP contribution in [0.25, 0.3) is 10.8 Å². The minimum atomic E-state index is -4.45. The Morgan fingerprint density at radius 1 is 0.864 bits per heavy atom. The molecule has 5 nitrogen and oxygen atoms in total. The van der Waals surface area contributed by atoms with E-state index in [4.69, 9.17) is 4.55 Å². The molecule has 0 atom stereocenters. The summed E-state index contributed by atoms with van der Waals surface area (Å²) < 4.78 is 31.5. The first-order chi connectivity index (χ1) is 10.4. The highest BCUT2D eigenvalue weighted by Crippen LogP contribution is 2.33. The van der Waals surface area contributed by atoms with Crippen molar-refractivity contribution in [2.45, 2.75) is 4.90 Å². The Bertz CT molecular complexity index is 937. The Hall–Kier alpha value is -2.57. The van der Waals surface area contributed by atoms with Crippen molar-refractivity contribution in [3.63, 3.8) is 0 Å². The third-order valence-electron chi connectivity index (χ3n) is 3.29. The highest BCUT2D eigenvalue weighted by Gasteiger charge is 2.17. The zero-order valence-electron chi connectivity index (χ0n) is 11.4.